The smallest absolute Gasteiger partial charge is 0.253 e. The first kappa shape index (κ1) is 18.0. The van der Waals surface area contributed by atoms with E-state index in [0.717, 1.165) is 11.3 Å². The molecule has 3 aromatic rings. The largest absolute Gasteiger partial charge is 0.497 e. The molecule has 0 bridgehead atoms. The molecule has 0 fully saturated rings. The zero-order chi connectivity index (χ0) is 18.7. The summed E-state index contributed by atoms with van der Waals surface area (Å²) in [4.78, 5) is 24.4. The molecule has 0 saturated heterocycles. The third-order valence-corrected chi connectivity index (χ3v) is 4.42. The zero-order valence-corrected chi connectivity index (χ0v) is 15.3. The van der Waals surface area contributed by atoms with Gasteiger partial charge in [-0.05, 0) is 36.2 Å². The van der Waals surface area contributed by atoms with Crippen LogP contribution in [0.2, 0.25) is 5.02 Å². The Morgan fingerprint density at radius 1 is 1.19 bits per heavy atom. The number of amides is 1. The Balaban J connectivity index is 1.76. The first-order chi connectivity index (χ1) is 12.5. The molecule has 1 heterocycles. The number of methoxy groups -OCH3 is 1. The van der Waals surface area contributed by atoms with Gasteiger partial charge in [0, 0.05) is 30.1 Å². The van der Waals surface area contributed by atoms with E-state index >= 15 is 0 Å². The molecule has 0 saturated carbocycles. The second kappa shape index (κ2) is 7.62. The van der Waals surface area contributed by atoms with Crippen molar-refractivity contribution in [3.63, 3.8) is 0 Å². The van der Waals surface area contributed by atoms with Crippen molar-refractivity contribution in [1.82, 2.24) is 9.88 Å². The van der Waals surface area contributed by atoms with E-state index in [2.05, 4.69) is 5.32 Å². The number of hydrogen-bond acceptors (Lipinski definition) is 3. The van der Waals surface area contributed by atoms with Crippen molar-refractivity contribution in [2.24, 2.45) is 0 Å². The Bertz CT molecular complexity index is 978. The minimum Gasteiger partial charge on any atom is -0.497 e. The molecule has 26 heavy (non-hydrogen) atoms. The van der Waals surface area contributed by atoms with Crippen LogP contribution in [0.3, 0.4) is 0 Å². The number of halogens is 1. The molecular formula is C20H19ClN2O3. The average Bonchev–Trinajstić information content (AvgIpc) is 3.00. The Kier molecular flexibility index (Phi) is 5.28. The molecule has 6 heteroatoms. The summed E-state index contributed by atoms with van der Waals surface area (Å²) in [5.41, 5.74) is 2.16. The van der Waals surface area contributed by atoms with Crippen LogP contribution in [0.4, 0.5) is 0 Å². The first-order valence-electron chi connectivity index (χ1n) is 8.22. The Labute approximate surface area is 156 Å². The molecule has 0 aliphatic rings. The number of carbonyl (C=O) groups is 2. The van der Waals surface area contributed by atoms with Gasteiger partial charge in [-0.15, -0.1) is 0 Å². The van der Waals surface area contributed by atoms with E-state index in [1.807, 2.05) is 24.3 Å². The average molecular weight is 371 g/mol. The number of aromatic nitrogens is 1. The van der Waals surface area contributed by atoms with Crippen LogP contribution in [0.25, 0.3) is 10.9 Å². The summed E-state index contributed by atoms with van der Waals surface area (Å²) >= 11 is 6.02. The Morgan fingerprint density at radius 2 is 2.00 bits per heavy atom. The van der Waals surface area contributed by atoms with Crippen LogP contribution in [0.5, 0.6) is 5.75 Å². The van der Waals surface area contributed by atoms with E-state index < -0.39 is 0 Å². The molecule has 0 aliphatic carbocycles. The third-order valence-electron chi connectivity index (χ3n) is 4.18. The maximum absolute atomic E-state index is 12.6. The predicted octanol–water partition coefficient (Wildman–Crippen LogP) is 3.94. The SMILES string of the molecule is COc1cccc(CCNC(=O)c2cn(C(C)=O)c3cc(Cl)ccc23)c1. The quantitative estimate of drug-likeness (QED) is 0.740. The molecule has 0 atom stereocenters. The van der Waals surface area contributed by atoms with E-state index in [9.17, 15) is 9.59 Å². The van der Waals surface area contributed by atoms with Crippen LogP contribution >= 0.6 is 11.6 Å². The summed E-state index contributed by atoms with van der Waals surface area (Å²) in [6.45, 7) is 1.93. The van der Waals surface area contributed by atoms with Gasteiger partial charge >= 0.3 is 0 Å². The summed E-state index contributed by atoms with van der Waals surface area (Å²) in [5, 5.41) is 4.12. The Hall–Kier alpha value is -2.79. The van der Waals surface area contributed by atoms with Gasteiger partial charge in [0.25, 0.3) is 5.91 Å². The minimum absolute atomic E-state index is 0.173. The van der Waals surface area contributed by atoms with E-state index in [-0.39, 0.29) is 11.8 Å². The molecule has 1 amide bonds. The monoisotopic (exact) mass is 370 g/mol. The fourth-order valence-electron chi connectivity index (χ4n) is 2.89. The van der Waals surface area contributed by atoms with Crippen LogP contribution in [0.15, 0.2) is 48.7 Å². The second-order valence-corrected chi connectivity index (χ2v) is 6.39. The van der Waals surface area contributed by atoms with Crippen LogP contribution in [-0.4, -0.2) is 30.0 Å². The van der Waals surface area contributed by atoms with Crippen LogP contribution in [0, 0.1) is 0 Å². The summed E-state index contributed by atoms with van der Waals surface area (Å²) in [6, 6.07) is 12.9. The lowest BCUT2D eigenvalue weighted by molar-refractivity contribution is 0.0941. The lowest BCUT2D eigenvalue weighted by Gasteiger charge is -2.06. The molecule has 0 aliphatic heterocycles. The zero-order valence-electron chi connectivity index (χ0n) is 14.6. The summed E-state index contributed by atoms with van der Waals surface area (Å²) in [5.74, 6) is 0.392. The van der Waals surface area contributed by atoms with Gasteiger partial charge in [-0.1, -0.05) is 29.8 Å². The van der Waals surface area contributed by atoms with Gasteiger partial charge in [0.1, 0.15) is 5.75 Å². The highest BCUT2D eigenvalue weighted by Gasteiger charge is 2.16. The number of rotatable bonds is 5. The molecule has 134 valence electrons. The topological polar surface area (TPSA) is 60.3 Å². The van der Waals surface area contributed by atoms with Crippen molar-refractivity contribution in [1.29, 1.82) is 0 Å². The fourth-order valence-corrected chi connectivity index (χ4v) is 3.05. The van der Waals surface area contributed by atoms with Crippen molar-refractivity contribution >= 4 is 34.3 Å². The molecule has 5 nitrogen and oxygen atoms in total. The molecule has 2 aromatic carbocycles. The van der Waals surface area contributed by atoms with E-state index in [4.69, 9.17) is 16.3 Å². The normalized spacial score (nSPS) is 10.7. The molecule has 0 unspecified atom stereocenters. The maximum Gasteiger partial charge on any atom is 0.253 e. The van der Waals surface area contributed by atoms with Gasteiger partial charge < -0.3 is 10.1 Å². The number of nitrogens with zero attached hydrogens (tertiary/aromatic N) is 1. The van der Waals surface area contributed by atoms with Gasteiger partial charge in [0.05, 0.1) is 18.2 Å². The maximum atomic E-state index is 12.6. The third kappa shape index (κ3) is 3.73. The molecule has 1 N–H and O–H groups in total. The van der Waals surface area contributed by atoms with Crippen molar-refractivity contribution in [3.8, 4) is 5.75 Å². The van der Waals surface area contributed by atoms with E-state index in [0.29, 0.717) is 34.5 Å². The molecule has 1 aromatic heterocycles. The fraction of sp³-hybridized carbons (Fsp3) is 0.200. The van der Waals surface area contributed by atoms with E-state index in [1.54, 1.807) is 31.5 Å². The van der Waals surface area contributed by atoms with Crippen molar-refractivity contribution in [2.75, 3.05) is 13.7 Å². The molecular weight excluding hydrogens is 352 g/mol. The van der Waals surface area contributed by atoms with Crippen LogP contribution in [-0.2, 0) is 6.42 Å². The standard InChI is InChI=1S/C20H19ClN2O3/c1-13(24)23-12-18(17-7-6-15(21)11-19(17)23)20(25)22-9-8-14-4-3-5-16(10-14)26-2/h3-7,10-12H,8-9H2,1-2H3,(H,22,25). The van der Waals surface area contributed by atoms with Gasteiger partial charge in [-0.3, -0.25) is 14.2 Å². The van der Waals surface area contributed by atoms with Crippen LogP contribution < -0.4 is 10.1 Å². The highest BCUT2D eigenvalue weighted by atomic mass is 35.5. The van der Waals surface area contributed by atoms with Crippen molar-refractivity contribution < 1.29 is 14.3 Å². The lowest BCUT2D eigenvalue weighted by Crippen LogP contribution is -2.25. The van der Waals surface area contributed by atoms with Gasteiger partial charge in [-0.2, -0.15) is 0 Å². The van der Waals surface area contributed by atoms with E-state index in [1.165, 1.54) is 11.5 Å². The van der Waals surface area contributed by atoms with Gasteiger partial charge in [0.2, 0.25) is 5.91 Å². The first-order valence-corrected chi connectivity index (χ1v) is 8.60. The highest BCUT2D eigenvalue weighted by Crippen LogP contribution is 2.25. The number of ether oxygens (including phenoxy) is 1. The Morgan fingerprint density at radius 3 is 2.73 bits per heavy atom. The van der Waals surface area contributed by atoms with Crippen molar-refractivity contribution in [3.05, 3.63) is 64.8 Å². The number of benzene rings is 2. The van der Waals surface area contributed by atoms with Gasteiger partial charge in [-0.25, -0.2) is 0 Å². The highest BCUT2D eigenvalue weighted by molar-refractivity contribution is 6.31. The van der Waals surface area contributed by atoms with Crippen molar-refractivity contribution in [2.45, 2.75) is 13.3 Å². The number of hydrogen-bond donors (Lipinski definition) is 1. The number of fused-ring (bicyclic) bond motifs is 1. The number of nitrogens with one attached hydrogen (secondary N) is 1. The lowest BCUT2D eigenvalue weighted by atomic mass is 10.1. The minimum atomic E-state index is -0.222. The molecule has 0 spiro atoms. The molecule has 3 rings (SSSR count). The summed E-state index contributed by atoms with van der Waals surface area (Å²) in [6.07, 6.45) is 2.24. The van der Waals surface area contributed by atoms with Crippen LogP contribution in [0.1, 0.15) is 27.6 Å². The number of carbonyl (C=O) groups excluding carboxylic acids is 2. The second-order valence-electron chi connectivity index (χ2n) is 5.95. The van der Waals surface area contributed by atoms with Gasteiger partial charge in [0.15, 0.2) is 0 Å². The summed E-state index contributed by atoms with van der Waals surface area (Å²) in [7, 11) is 1.62. The summed E-state index contributed by atoms with van der Waals surface area (Å²) < 4.78 is 6.64. The predicted molar refractivity (Wildman–Crippen MR) is 102 cm³/mol. The molecule has 0 radical (unpaired) electrons.